The minimum atomic E-state index is -4.53. The fourth-order valence-electron chi connectivity index (χ4n) is 3.36. The summed E-state index contributed by atoms with van der Waals surface area (Å²) in [5.41, 5.74) is 2.61. The van der Waals surface area contributed by atoms with E-state index in [2.05, 4.69) is 10.5 Å². The number of methoxy groups -OCH3 is 1. The molecule has 0 heterocycles. The molecule has 1 amide bonds. The maximum atomic E-state index is 13.7. The first-order valence-corrected chi connectivity index (χ1v) is 13.0. The zero-order valence-electron chi connectivity index (χ0n) is 21.0. The molecule has 12 nitrogen and oxygen atoms in total. The third kappa shape index (κ3) is 7.30. The maximum absolute atomic E-state index is 13.7. The highest BCUT2D eigenvalue weighted by molar-refractivity contribution is 7.92. The second-order valence-corrected chi connectivity index (χ2v) is 10.3. The summed E-state index contributed by atoms with van der Waals surface area (Å²) in [7, 11) is -3.22. The van der Waals surface area contributed by atoms with Crippen molar-refractivity contribution in [3.05, 3.63) is 86.9 Å². The molecule has 0 unspecified atom stereocenters. The molecule has 0 saturated carbocycles. The fourth-order valence-corrected chi connectivity index (χ4v) is 4.97. The third-order valence-corrected chi connectivity index (χ3v) is 7.20. The first-order chi connectivity index (χ1) is 18.4. The van der Waals surface area contributed by atoms with Crippen molar-refractivity contribution in [3.8, 4) is 11.5 Å². The Morgan fingerprint density at radius 2 is 1.82 bits per heavy atom. The highest BCUT2D eigenvalue weighted by Crippen LogP contribution is 2.35. The van der Waals surface area contributed by atoms with E-state index in [9.17, 15) is 28.1 Å². The van der Waals surface area contributed by atoms with Crippen molar-refractivity contribution in [3.63, 3.8) is 0 Å². The molecular weight excluding hydrogens is 552 g/mol. The Hall–Kier alpha value is -4.49. The van der Waals surface area contributed by atoms with Gasteiger partial charge < -0.3 is 9.47 Å². The van der Waals surface area contributed by atoms with Crippen LogP contribution in [0.25, 0.3) is 0 Å². The van der Waals surface area contributed by atoms with E-state index in [4.69, 9.17) is 21.1 Å². The number of halogens is 1. The average Bonchev–Trinajstić information content (AvgIpc) is 2.88. The quantitative estimate of drug-likeness (QED) is 0.126. The number of benzene rings is 3. The predicted octanol–water partition coefficient (Wildman–Crippen LogP) is 3.84. The lowest BCUT2D eigenvalue weighted by Gasteiger charge is -2.25. The molecule has 39 heavy (non-hydrogen) atoms. The summed E-state index contributed by atoms with van der Waals surface area (Å²) in [5.74, 6) is -0.875. The molecule has 3 aromatic rings. The maximum Gasteiger partial charge on any atom is 0.308 e. The van der Waals surface area contributed by atoms with Crippen molar-refractivity contribution in [1.29, 1.82) is 0 Å². The molecule has 0 aliphatic rings. The highest BCUT2D eigenvalue weighted by Gasteiger charge is 2.31. The summed E-state index contributed by atoms with van der Waals surface area (Å²) in [5, 5.41) is 15.4. The standard InChI is InChI=1S/C25H23ClN4O8S/c1-16-4-10-21(13-22(16)30(33)34)39(35,36)29(23-12-19(26)7-11-24(23)37-3)15-25(32)28-27-14-18-5-8-20(9-6-18)38-17(2)31/h4-14H,15H2,1-3H3,(H,28,32)/b27-14-. The van der Waals surface area contributed by atoms with Gasteiger partial charge in [0.05, 0.1) is 28.8 Å². The van der Waals surface area contributed by atoms with E-state index in [1.165, 1.54) is 69.6 Å². The second kappa shape index (κ2) is 12.4. The molecule has 0 atom stereocenters. The van der Waals surface area contributed by atoms with Crippen molar-refractivity contribution in [2.75, 3.05) is 18.0 Å². The lowest BCUT2D eigenvalue weighted by Crippen LogP contribution is -2.39. The van der Waals surface area contributed by atoms with Gasteiger partial charge in [-0.3, -0.25) is 24.0 Å². The number of hydrogen-bond acceptors (Lipinski definition) is 9. The van der Waals surface area contributed by atoms with Crippen LogP contribution in [-0.4, -0.2) is 45.1 Å². The van der Waals surface area contributed by atoms with Crippen LogP contribution in [0.4, 0.5) is 11.4 Å². The lowest BCUT2D eigenvalue weighted by molar-refractivity contribution is -0.385. The van der Waals surface area contributed by atoms with Crippen LogP contribution in [0.2, 0.25) is 5.02 Å². The van der Waals surface area contributed by atoms with Gasteiger partial charge in [-0.1, -0.05) is 17.7 Å². The van der Waals surface area contributed by atoms with Crippen LogP contribution in [0.5, 0.6) is 11.5 Å². The summed E-state index contributed by atoms with van der Waals surface area (Å²) < 4.78 is 38.3. The molecule has 0 aliphatic carbocycles. The van der Waals surface area contributed by atoms with Gasteiger partial charge in [-0.05, 0) is 61.0 Å². The monoisotopic (exact) mass is 574 g/mol. The van der Waals surface area contributed by atoms with Gasteiger partial charge in [-0.15, -0.1) is 0 Å². The van der Waals surface area contributed by atoms with E-state index in [1.807, 2.05) is 0 Å². The van der Waals surface area contributed by atoms with Crippen LogP contribution in [0.15, 0.2) is 70.7 Å². The Morgan fingerprint density at radius 1 is 1.13 bits per heavy atom. The largest absolute Gasteiger partial charge is 0.495 e. The topological polar surface area (TPSA) is 158 Å². The predicted molar refractivity (Wildman–Crippen MR) is 144 cm³/mol. The van der Waals surface area contributed by atoms with Gasteiger partial charge in [0.25, 0.3) is 21.6 Å². The van der Waals surface area contributed by atoms with E-state index in [-0.39, 0.29) is 22.0 Å². The number of amides is 1. The van der Waals surface area contributed by atoms with Crippen LogP contribution < -0.4 is 19.2 Å². The Labute approximate surface area is 229 Å². The van der Waals surface area contributed by atoms with Crippen molar-refractivity contribution in [1.82, 2.24) is 5.43 Å². The number of sulfonamides is 1. The third-order valence-electron chi connectivity index (χ3n) is 5.21. The number of hydrogen-bond donors (Lipinski definition) is 1. The molecule has 0 aliphatic heterocycles. The van der Waals surface area contributed by atoms with Crippen LogP contribution in [0.1, 0.15) is 18.1 Å². The first-order valence-electron chi connectivity index (χ1n) is 11.1. The normalized spacial score (nSPS) is 11.2. The SMILES string of the molecule is COc1ccc(Cl)cc1N(CC(=O)N/N=C\c1ccc(OC(C)=O)cc1)S(=O)(=O)c1ccc(C)c([N+](=O)[O-])c1. The summed E-state index contributed by atoms with van der Waals surface area (Å²) in [4.78, 5) is 34.2. The van der Waals surface area contributed by atoms with E-state index in [0.29, 0.717) is 11.3 Å². The number of aryl methyl sites for hydroxylation is 1. The average molecular weight is 575 g/mol. The number of hydrazone groups is 1. The van der Waals surface area contributed by atoms with Gasteiger partial charge in [-0.2, -0.15) is 5.10 Å². The molecule has 0 spiro atoms. The van der Waals surface area contributed by atoms with Gasteiger partial charge in [0.15, 0.2) is 0 Å². The van der Waals surface area contributed by atoms with Crippen molar-refractivity contribution in [2.45, 2.75) is 18.7 Å². The summed E-state index contributed by atoms with van der Waals surface area (Å²) in [6.45, 7) is 1.98. The Morgan fingerprint density at radius 3 is 2.44 bits per heavy atom. The van der Waals surface area contributed by atoms with E-state index in [0.717, 1.165) is 10.4 Å². The summed E-state index contributed by atoms with van der Waals surface area (Å²) in [6.07, 6.45) is 1.30. The lowest BCUT2D eigenvalue weighted by atomic mass is 10.2. The van der Waals surface area contributed by atoms with Crippen LogP contribution in [0.3, 0.4) is 0 Å². The second-order valence-electron chi connectivity index (χ2n) is 7.99. The molecule has 0 saturated heterocycles. The number of nitro groups is 1. The molecular formula is C25H23ClN4O8S. The van der Waals surface area contributed by atoms with E-state index >= 15 is 0 Å². The minimum Gasteiger partial charge on any atom is -0.495 e. The molecule has 204 valence electrons. The molecule has 14 heteroatoms. The molecule has 0 aromatic heterocycles. The smallest absolute Gasteiger partial charge is 0.308 e. The van der Waals surface area contributed by atoms with Gasteiger partial charge in [-0.25, -0.2) is 13.8 Å². The van der Waals surface area contributed by atoms with E-state index < -0.39 is 44.0 Å². The Bertz CT molecular complexity index is 1540. The van der Waals surface area contributed by atoms with Crippen LogP contribution >= 0.6 is 11.6 Å². The molecule has 1 N–H and O–H groups in total. The molecule has 0 bridgehead atoms. The number of nitrogens with one attached hydrogen (secondary N) is 1. The van der Waals surface area contributed by atoms with E-state index in [1.54, 1.807) is 12.1 Å². The number of esters is 1. The van der Waals surface area contributed by atoms with Gasteiger partial charge in [0, 0.05) is 23.6 Å². The summed E-state index contributed by atoms with van der Waals surface area (Å²) in [6, 6.07) is 13.9. The zero-order chi connectivity index (χ0) is 28.7. The van der Waals surface area contributed by atoms with Crippen molar-refractivity contribution in [2.24, 2.45) is 5.10 Å². The number of rotatable bonds is 10. The number of ether oxygens (including phenoxy) is 2. The van der Waals surface area contributed by atoms with Gasteiger partial charge in [0.2, 0.25) is 0 Å². The number of carbonyl (C=O) groups is 2. The van der Waals surface area contributed by atoms with Crippen LogP contribution in [-0.2, 0) is 19.6 Å². The number of nitrogens with zero attached hydrogens (tertiary/aromatic N) is 3. The molecule has 0 radical (unpaired) electrons. The highest BCUT2D eigenvalue weighted by atomic mass is 35.5. The first kappa shape index (κ1) is 29.1. The number of carbonyl (C=O) groups excluding carboxylic acids is 2. The summed E-state index contributed by atoms with van der Waals surface area (Å²) >= 11 is 6.11. The van der Waals surface area contributed by atoms with Crippen molar-refractivity contribution >= 4 is 51.1 Å². The molecule has 3 aromatic carbocycles. The fraction of sp³-hybridized carbons (Fsp3) is 0.160. The molecule has 3 rings (SSSR count). The number of anilines is 1. The number of nitro benzene ring substituents is 1. The zero-order valence-corrected chi connectivity index (χ0v) is 22.5. The minimum absolute atomic E-state index is 0.0617. The van der Waals surface area contributed by atoms with Crippen LogP contribution in [0, 0.1) is 17.0 Å². The van der Waals surface area contributed by atoms with Gasteiger partial charge >= 0.3 is 5.97 Å². The Balaban J connectivity index is 1.92. The Kier molecular flexibility index (Phi) is 9.22. The van der Waals surface area contributed by atoms with Gasteiger partial charge in [0.1, 0.15) is 18.0 Å². The van der Waals surface area contributed by atoms with Crippen molar-refractivity contribution < 1.29 is 32.4 Å². The molecule has 0 fully saturated rings.